The Labute approximate surface area is 142 Å². The number of ether oxygens (including phenoxy) is 1. The van der Waals surface area contributed by atoms with E-state index in [1.54, 1.807) is 4.90 Å². The molecule has 1 N–H and O–H groups in total. The summed E-state index contributed by atoms with van der Waals surface area (Å²) >= 11 is 0. The second kappa shape index (κ2) is 7.55. The summed E-state index contributed by atoms with van der Waals surface area (Å²) < 4.78 is 5.27. The van der Waals surface area contributed by atoms with Crippen molar-refractivity contribution in [1.29, 1.82) is 0 Å². The van der Waals surface area contributed by atoms with Crippen molar-refractivity contribution in [1.82, 2.24) is 15.1 Å². The molecule has 3 rings (SSSR count). The van der Waals surface area contributed by atoms with Gasteiger partial charge < -0.3 is 19.9 Å². The van der Waals surface area contributed by atoms with Crippen LogP contribution < -0.4 is 5.32 Å². The van der Waals surface area contributed by atoms with Crippen molar-refractivity contribution < 1.29 is 14.3 Å². The number of carbonyl (C=O) groups is 2. The maximum Gasteiger partial charge on any atom is 0.407 e. The quantitative estimate of drug-likeness (QED) is 0.922. The van der Waals surface area contributed by atoms with Crippen LogP contribution in [0.1, 0.15) is 31.2 Å². The van der Waals surface area contributed by atoms with Crippen LogP contribution in [0.5, 0.6) is 0 Å². The zero-order valence-electron chi connectivity index (χ0n) is 14.1. The number of amides is 3. The average molecular weight is 331 g/mol. The average Bonchev–Trinajstić information content (AvgIpc) is 2.94. The van der Waals surface area contributed by atoms with Crippen molar-refractivity contribution in [2.75, 3.05) is 20.1 Å². The monoisotopic (exact) mass is 331 g/mol. The molecule has 6 heteroatoms. The van der Waals surface area contributed by atoms with Gasteiger partial charge in [0.25, 0.3) is 0 Å². The molecule has 1 aliphatic heterocycles. The standard InChI is InChI=1S/C18H25N3O3/c1-20-11-12-21(18(20)23)16-9-7-15(8-10-16)19-17(22)24-13-14-5-3-2-4-6-14/h2-6,15-16H,7-13H2,1H3,(H,19,22). The molecule has 2 aliphatic rings. The fraction of sp³-hybridized carbons (Fsp3) is 0.556. The van der Waals surface area contributed by atoms with Crippen LogP contribution in [0.15, 0.2) is 30.3 Å². The summed E-state index contributed by atoms with van der Waals surface area (Å²) in [6.07, 6.45) is 3.28. The highest BCUT2D eigenvalue weighted by molar-refractivity contribution is 5.76. The molecule has 1 aromatic carbocycles. The third kappa shape index (κ3) is 3.99. The predicted molar refractivity (Wildman–Crippen MR) is 90.5 cm³/mol. The van der Waals surface area contributed by atoms with Crippen molar-refractivity contribution >= 4 is 12.1 Å². The molecule has 3 amide bonds. The molecule has 1 aliphatic carbocycles. The third-order valence-corrected chi connectivity index (χ3v) is 4.92. The number of benzene rings is 1. The predicted octanol–water partition coefficient (Wildman–Crippen LogP) is 2.59. The lowest BCUT2D eigenvalue weighted by molar-refractivity contribution is 0.126. The number of hydrogen-bond donors (Lipinski definition) is 1. The van der Waals surface area contributed by atoms with Gasteiger partial charge in [0.05, 0.1) is 0 Å². The second-order valence-corrected chi connectivity index (χ2v) is 6.61. The van der Waals surface area contributed by atoms with E-state index in [-0.39, 0.29) is 24.8 Å². The van der Waals surface area contributed by atoms with Crippen LogP contribution >= 0.6 is 0 Å². The minimum absolute atomic E-state index is 0.133. The number of nitrogens with one attached hydrogen (secondary N) is 1. The van der Waals surface area contributed by atoms with Crippen molar-refractivity contribution in [3.8, 4) is 0 Å². The molecule has 1 heterocycles. The first-order valence-corrected chi connectivity index (χ1v) is 8.62. The minimum atomic E-state index is -0.362. The van der Waals surface area contributed by atoms with E-state index in [2.05, 4.69) is 5.32 Å². The summed E-state index contributed by atoms with van der Waals surface area (Å²) in [6, 6.07) is 10.2. The molecule has 1 saturated heterocycles. The van der Waals surface area contributed by atoms with Gasteiger partial charge in [-0.3, -0.25) is 0 Å². The van der Waals surface area contributed by atoms with Crippen LogP contribution in [0.3, 0.4) is 0 Å². The van der Waals surface area contributed by atoms with Crippen LogP contribution in [0, 0.1) is 0 Å². The Bertz CT molecular complexity index is 570. The molecular weight excluding hydrogens is 306 g/mol. The first-order valence-electron chi connectivity index (χ1n) is 8.62. The maximum atomic E-state index is 12.0. The first-order chi connectivity index (χ1) is 11.6. The number of hydrogen-bond acceptors (Lipinski definition) is 3. The fourth-order valence-corrected chi connectivity index (χ4v) is 3.47. The molecule has 1 aromatic rings. The second-order valence-electron chi connectivity index (χ2n) is 6.61. The molecule has 0 atom stereocenters. The molecule has 24 heavy (non-hydrogen) atoms. The molecule has 130 valence electrons. The zero-order valence-corrected chi connectivity index (χ0v) is 14.1. The number of nitrogens with zero attached hydrogens (tertiary/aromatic N) is 2. The van der Waals surface area contributed by atoms with Gasteiger partial charge in [0, 0.05) is 32.2 Å². The Morgan fingerprint density at radius 1 is 1.17 bits per heavy atom. The van der Waals surface area contributed by atoms with Crippen molar-refractivity contribution in [3.63, 3.8) is 0 Å². The van der Waals surface area contributed by atoms with Crippen LogP contribution in [0.25, 0.3) is 0 Å². The molecule has 0 radical (unpaired) electrons. The third-order valence-electron chi connectivity index (χ3n) is 4.92. The van der Waals surface area contributed by atoms with Crippen LogP contribution in [-0.2, 0) is 11.3 Å². The van der Waals surface area contributed by atoms with E-state index in [4.69, 9.17) is 4.74 Å². The Morgan fingerprint density at radius 3 is 2.50 bits per heavy atom. The molecule has 0 aromatic heterocycles. The summed E-state index contributed by atoms with van der Waals surface area (Å²) in [5, 5.41) is 2.95. The lowest BCUT2D eigenvalue weighted by atomic mass is 9.90. The summed E-state index contributed by atoms with van der Waals surface area (Å²) in [5.41, 5.74) is 0.980. The highest BCUT2D eigenvalue weighted by atomic mass is 16.5. The number of rotatable bonds is 4. The lowest BCUT2D eigenvalue weighted by Gasteiger charge is -2.34. The normalized spacial score (nSPS) is 24.1. The van der Waals surface area contributed by atoms with Gasteiger partial charge in [0.2, 0.25) is 0 Å². The summed E-state index contributed by atoms with van der Waals surface area (Å²) in [4.78, 5) is 27.7. The summed E-state index contributed by atoms with van der Waals surface area (Å²) in [5.74, 6) is 0. The SMILES string of the molecule is CN1CCN(C2CCC(NC(=O)OCc3ccccc3)CC2)C1=O. The van der Waals surface area contributed by atoms with E-state index in [1.165, 1.54) is 0 Å². The molecule has 2 fully saturated rings. The number of alkyl carbamates (subject to hydrolysis) is 1. The number of likely N-dealkylation sites (N-methyl/N-ethyl adjacent to an activating group) is 1. The van der Waals surface area contributed by atoms with Gasteiger partial charge in [0.1, 0.15) is 6.61 Å². The highest BCUT2D eigenvalue weighted by Crippen LogP contribution is 2.25. The molecule has 0 unspecified atom stereocenters. The van der Waals surface area contributed by atoms with E-state index in [0.29, 0.717) is 6.04 Å². The molecular formula is C18H25N3O3. The fourth-order valence-electron chi connectivity index (χ4n) is 3.47. The van der Waals surface area contributed by atoms with E-state index < -0.39 is 0 Å². The Hall–Kier alpha value is -2.24. The van der Waals surface area contributed by atoms with Crippen LogP contribution in [0.2, 0.25) is 0 Å². The van der Waals surface area contributed by atoms with E-state index in [1.807, 2.05) is 42.3 Å². The zero-order chi connectivity index (χ0) is 16.9. The maximum absolute atomic E-state index is 12.0. The lowest BCUT2D eigenvalue weighted by Crippen LogP contribution is -2.45. The molecule has 0 spiro atoms. The van der Waals surface area contributed by atoms with Crippen molar-refractivity contribution in [3.05, 3.63) is 35.9 Å². The number of urea groups is 1. The summed E-state index contributed by atoms with van der Waals surface area (Å²) in [6.45, 7) is 1.91. The van der Waals surface area contributed by atoms with Crippen molar-refractivity contribution in [2.24, 2.45) is 0 Å². The van der Waals surface area contributed by atoms with Gasteiger partial charge in [-0.25, -0.2) is 9.59 Å². The van der Waals surface area contributed by atoms with Gasteiger partial charge in [-0.1, -0.05) is 30.3 Å². The Morgan fingerprint density at radius 2 is 1.88 bits per heavy atom. The van der Waals surface area contributed by atoms with Gasteiger partial charge in [0.15, 0.2) is 0 Å². The Balaban J connectivity index is 1.39. The largest absolute Gasteiger partial charge is 0.445 e. The summed E-state index contributed by atoms with van der Waals surface area (Å²) in [7, 11) is 1.85. The van der Waals surface area contributed by atoms with Gasteiger partial charge in [-0.15, -0.1) is 0 Å². The smallest absolute Gasteiger partial charge is 0.407 e. The Kier molecular flexibility index (Phi) is 5.23. The highest BCUT2D eigenvalue weighted by Gasteiger charge is 2.34. The van der Waals surface area contributed by atoms with E-state index in [9.17, 15) is 9.59 Å². The van der Waals surface area contributed by atoms with E-state index in [0.717, 1.165) is 44.3 Å². The first kappa shape index (κ1) is 16.6. The minimum Gasteiger partial charge on any atom is -0.445 e. The molecule has 1 saturated carbocycles. The topological polar surface area (TPSA) is 61.9 Å². The molecule has 6 nitrogen and oxygen atoms in total. The van der Waals surface area contributed by atoms with Gasteiger partial charge in [-0.05, 0) is 31.2 Å². The van der Waals surface area contributed by atoms with Crippen molar-refractivity contribution in [2.45, 2.75) is 44.4 Å². The van der Waals surface area contributed by atoms with E-state index >= 15 is 0 Å². The number of carbonyl (C=O) groups excluding carboxylic acids is 2. The van der Waals surface area contributed by atoms with Crippen LogP contribution in [-0.4, -0.2) is 54.1 Å². The molecule has 0 bridgehead atoms. The van der Waals surface area contributed by atoms with Gasteiger partial charge in [-0.2, -0.15) is 0 Å². The van der Waals surface area contributed by atoms with Gasteiger partial charge >= 0.3 is 12.1 Å². The van der Waals surface area contributed by atoms with Crippen LogP contribution in [0.4, 0.5) is 9.59 Å².